The molecule has 2 rings (SSSR count). The highest BCUT2D eigenvalue weighted by atomic mass is 16.5. The van der Waals surface area contributed by atoms with Gasteiger partial charge in [0.1, 0.15) is 0 Å². The summed E-state index contributed by atoms with van der Waals surface area (Å²) in [6.45, 7) is 4.17. The highest BCUT2D eigenvalue weighted by molar-refractivity contribution is 5.20. The van der Waals surface area contributed by atoms with Crippen LogP contribution in [0, 0.1) is 0 Å². The molecule has 2 heteroatoms. The number of rotatable bonds is 5. The molecule has 2 nitrogen and oxygen atoms in total. The largest absolute Gasteiger partial charge is 0.376 e. The zero-order chi connectivity index (χ0) is 11.2. The van der Waals surface area contributed by atoms with Crippen molar-refractivity contribution in [1.82, 2.24) is 5.32 Å². The Balaban J connectivity index is 2.07. The molecule has 0 saturated carbocycles. The highest BCUT2D eigenvalue weighted by Gasteiger charge is 2.26. The van der Waals surface area contributed by atoms with Crippen LogP contribution in [-0.4, -0.2) is 19.3 Å². The molecule has 1 aliphatic heterocycles. The second-order valence-corrected chi connectivity index (χ2v) is 4.39. The van der Waals surface area contributed by atoms with Crippen LogP contribution in [-0.2, 0) is 4.74 Å². The third-order valence-electron chi connectivity index (χ3n) is 3.11. The van der Waals surface area contributed by atoms with Crippen molar-refractivity contribution in [2.24, 2.45) is 0 Å². The van der Waals surface area contributed by atoms with Gasteiger partial charge in [-0.05, 0) is 31.4 Å². The van der Waals surface area contributed by atoms with Crippen LogP contribution in [0.15, 0.2) is 30.3 Å². The SMILES string of the molecule is CCCNC(c1ccccc1)C1CCCO1. The molecule has 2 unspecified atom stereocenters. The molecular weight excluding hydrogens is 198 g/mol. The number of benzene rings is 1. The maximum absolute atomic E-state index is 5.80. The van der Waals surface area contributed by atoms with Crippen molar-refractivity contribution in [3.05, 3.63) is 35.9 Å². The molecule has 0 radical (unpaired) electrons. The molecule has 0 amide bonds. The quantitative estimate of drug-likeness (QED) is 0.822. The van der Waals surface area contributed by atoms with E-state index in [2.05, 4.69) is 42.6 Å². The first-order chi connectivity index (χ1) is 7.92. The Morgan fingerprint density at radius 1 is 1.38 bits per heavy atom. The maximum atomic E-state index is 5.80. The van der Waals surface area contributed by atoms with Gasteiger partial charge in [0.15, 0.2) is 0 Å². The first-order valence-electron chi connectivity index (χ1n) is 6.31. The second kappa shape index (κ2) is 6.02. The summed E-state index contributed by atoms with van der Waals surface area (Å²) in [6.07, 6.45) is 3.89. The summed E-state index contributed by atoms with van der Waals surface area (Å²) in [5, 5.41) is 3.60. The van der Waals surface area contributed by atoms with Gasteiger partial charge in [0.25, 0.3) is 0 Å². The lowest BCUT2D eigenvalue weighted by molar-refractivity contribution is 0.0783. The second-order valence-electron chi connectivity index (χ2n) is 4.39. The molecule has 1 aromatic rings. The van der Waals surface area contributed by atoms with Gasteiger partial charge in [0.05, 0.1) is 12.1 Å². The lowest BCUT2D eigenvalue weighted by Gasteiger charge is -2.24. The fourth-order valence-corrected chi connectivity index (χ4v) is 2.29. The van der Waals surface area contributed by atoms with Crippen molar-refractivity contribution < 1.29 is 4.74 Å². The van der Waals surface area contributed by atoms with E-state index >= 15 is 0 Å². The summed E-state index contributed by atoms with van der Waals surface area (Å²) in [4.78, 5) is 0. The summed E-state index contributed by atoms with van der Waals surface area (Å²) in [6, 6.07) is 11.0. The zero-order valence-corrected chi connectivity index (χ0v) is 9.99. The van der Waals surface area contributed by atoms with E-state index in [0.717, 1.165) is 19.6 Å². The average molecular weight is 219 g/mol. The lowest BCUT2D eigenvalue weighted by Crippen LogP contribution is -2.32. The average Bonchev–Trinajstić information content (AvgIpc) is 2.85. The van der Waals surface area contributed by atoms with Gasteiger partial charge >= 0.3 is 0 Å². The third-order valence-corrected chi connectivity index (χ3v) is 3.11. The van der Waals surface area contributed by atoms with Crippen molar-refractivity contribution >= 4 is 0 Å². The minimum absolute atomic E-state index is 0.356. The van der Waals surface area contributed by atoms with Crippen molar-refractivity contribution in [3.8, 4) is 0 Å². The Hall–Kier alpha value is -0.860. The predicted molar refractivity (Wildman–Crippen MR) is 66.5 cm³/mol. The van der Waals surface area contributed by atoms with Crippen molar-refractivity contribution in [2.75, 3.05) is 13.2 Å². The first-order valence-corrected chi connectivity index (χ1v) is 6.31. The van der Waals surface area contributed by atoms with E-state index in [1.807, 2.05) is 0 Å². The van der Waals surface area contributed by atoms with Crippen LogP contribution < -0.4 is 5.32 Å². The summed E-state index contributed by atoms with van der Waals surface area (Å²) >= 11 is 0. The van der Waals surface area contributed by atoms with Crippen LogP contribution in [0.25, 0.3) is 0 Å². The standard InChI is InChI=1S/C14H21NO/c1-2-10-15-14(13-9-6-11-16-13)12-7-4-3-5-8-12/h3-5,7-8,13-15H,2,6,9-11H2,1H3. The molecule has 1 saturated heterocycles. The van der Waals surface area contributed by atoms with E-state index < -0.39 is 0 Å². The Bertz CT molecular complexity index is 293. The van der Waals surface area contributed by atoms with E-state index in [1.54, 1.807) is 0 Å². The van der Waals surface area contributed by atoms with Gasteiger partial charge in [-0.1, -0.05) is 37.3 Å². The summed E-state index contributed by atoms with van der Waals surface area (Å²) < 4.78 is 5.80. The molecule has 1 fully saturated rings. The Morgan fingerprint density at radius 3 is 2.81 bits per heavy atom. The molecule has 0 bridgehead atoms. The van der Waals surface area contributed by atoms with Crippen LogP contribution in [0.4, 0.5) is 0 Å². The topological polar surface area (TPSA) is 21.3 Å². The van der Waals surface area contributed by atoms with Crippen LogP contribution in [0.3, 0.4) is 0 Å². The summed E-state index contributed by atoms with van der Waals surface area (Å²) in [7, 11) is 0. The number of ether oxygens (including phenoxy) is 1. The van der Waals surface area contributed by atoms with E-state index in [0.29, 0.717) is 12.1 Å². The van der Waals surface area contributed by atoms with Gasteiger partial charge in [-0.3, -0.25) is 0 Å². The van der Waals surface area contributed by atoms with Crippen LogP contribution in [0.2, 0.25) is 0 Å². The number of hydrogen-bond donors (Lipinski definition) is 1. The molecule has 0 spiro atoms. The number of nitrogens with one attached hydrogen (secondary N) is 1. The van der Waals surface area contributed by atoms with Gasteiger partial charge < -0.3 is 10.1 Å². The van der Waals surface area contributed by atoms with Crippen molar-refractivity contribution in [3.63, 3.8) is 0 Å². The van der Waals surface area contributed by atoms with Crippen molar-refractivity contribution in [2.45, 2.75) is 38.3 Å². The first kappa shape index (κ1) is 11.6. The van der Waals surface area contributed by atoms with Gasteiger partial charge in [-0.2, -0.15) is 0 Å². The fourth-order valence-electron chi connectivity index (χ4n) is 2.29. The van der Waals surface area contributed by atoms with Crippen LogP contribution >= 0.6 is 0 Å². The maximum Gasteiger partial charge on any atom is 0.0770 e. The van der Waals surface area contributed by atoms with E-state index in [1.165, 1.54) is 18.4 Å². The molecule has 1 heterocycles. The zero-order valence-electron chi connectivity index (χ0n) is 9.99. The molecule has 2 atom stereocenters. The van der Waals surface area contributed by atoms with E-state index in [4.69, 9.17) is 4.74 Å². The Morgan fingerprint density at radius 2 is 2.19 bits per heavy atom. The molecule has 88 valence electrons. The lowest BCUT2D eigenvalue weighted by atomic mass is 9.99. The van der Waals surface area contributed by atoms with Crippen molar-refractivity contribution in [1.29, 1.82) is 0 Å². The molecule has 0 aromatic heterocycles. The third kappa shape index (κ3) is 2.83. The molecule has 1 aromatic carbocycles. The highest BCUT2D eigenvalue weighted by Crippen LogP contribution is 2.26. The van der Waals surface area contributed by atoms with Gasteiger partial charge in [-0.15, -0.1) is 0 Å². The van der Waals surface area contributed by atoms with Gasteiger partial charge in [0.2, 0.25) is 0 Å². The van der Waals surface area contributed by atoms with E-state index in [-0.39, 0.29) is 0 Å². The molecule has 0 aliphatic carbocycles. The summed E-state index contributed by atoms with van der Waals surface area (Å²) in [5.41, 5.74) is 1.35. The van der Waals surface area contributed by atoms with Crippen LogP contribution in [0.1, 0.15) is 37.8 Å². The Kier molecular flexibility index (Phi) is 4.37. The smallest absolute Gasteiger partial charge is 0.0770 e. The minimum atomic E-state index is 0.356. The van der Waals surface area contributed by atoms with Crippen LogP contribution in [0.5, 0.6) is 0 Å². The fraction of sp³-hybridized carbons (Fsp3) is 0.571. The monoisotopic (exact) mass is 219 g/mol. The normalized spacial score (nSPS) is 22.2. The molecule has 1 N–H and O–H groups in total. The minimum Gasteiger partial charge on any atom is -0.376 e. The van der Waals surface area contributed by atoms with Gasteiger partial charge in [-0.25, -0.2) is 0 Å². The van der Waals surface area contributed by atoms with E-state index in [9.17, 15) is 0 Å². The predicted octanol–water partition coefficient (Wildman–Crippen LogP) is 2.91. The summed E-state index contributed by atoms with van der Waals surface area (Å²) in [5.74, 6) is 0. The molecular formula is C14H21NO. The molecule has 16 heavy (non-hydrogen) atoms. The number of hydrogen-bond acceptors (Lipinski definition) is 2. The van der Waals surface area contributed by atoms with Gasteiger partial charge in [0, 0.05) is 6.61 Å². The Labute approximate surface area is 98.0 Å². The molecule has 1 aliphatic rings.